The third kappa shape index (κ3) is 4.65. The lowest BCUT2D eigenvalue weighted by Gasteiger charge is -2.36. The maximum absolute atomic E-state index is 5.70. The zero-order valence-electron chi connectivity index (χ0n) is 16.2. The van der Waals surface area contributed by atoms with E-state index in [1.54, 1.807) is 0 Å². The van der Waals surface area contributed by atoms with Crippen molar-refractivity contribution in [3.8, 4) is 11.5 Å². The molecule has 3 aliphatic rings. The second-order valence-electron chi connectivity index (χ2n) is 7.35. The van der Waals surface area contributed by atoms with E-state index >= 15 is 0 Å². The second kappa shape index (κ2) is 8.80. The Morgan fingerprint density at radius 2 is 2.04 bits per heavy atom. The Balaban J connectivity index is 1.21. The van der Waals surface area contributed by atoms with Crippen molar-refractivity contribution in [2.45, 2.75) is 31.9 Å². The van der Waals surface area contributed by atoms with E-state index in [4.69, 9.17) is 14.2 Å². The van der Waals surface area contributed by atoms with Gasteiger partial charge < -0.3 is 24.4 Å². The number of rotatable bonds is 5. The van der Waals surface area contributed by atoms with Gasteiger partial charge in [-0.2, -0.15) is 0 Å². The molecule has 1 N–H and O–H groups in total. The number of nitrogens with zero attached hydrogens (tertiary/aromatic N) is 3. The van der Waals surface area contributed by atoms with E-state index in [1.165, 1.54) is 18.4 Å². The number of hydrogen-bond acceptors (Lipinski definition) is 5. The molecule has 3 aliphatic heterocycles. The fraction of sp³-hybridized carbons (Fsp3) is 0.650. The molecule has 0 saturated carbocycles. The van der Waals surface area contributed by atoms with Gasteiger partial charge >= 0.3 is 0 Å². The molecule has 0 aliphatic carbocycles. The van der Waals surface area contributed by atoms with Gasteiger partial charge in [0, 0.05) is 52.9 Å². The van der Waals surface area contributed by atoms with Crippen molar-refractivity contribution in [1.29, 1.82) is 0 Å². The Labute approximate surface area is 161 Å². The molecule has 0 amide bonds. The van der Waals surface area contributed by atoms with Crippen LogP contribution in [0.1, 0.15) is 24.8 Å². The third-order valence-electron chi connectivity index (χ3n) is 5.50. The van der Waals surface area contributed by atoms with Crippen LogP contribution in [0.3, 0.4) is 0 Å². The fourth-order valence-corrected chi connectivity index (χ4v) is 3.96. The fourth-order valence-electron chi connectivity index (χ4n) is 3.96. The Morgan fingerprint density at radius 3 is 2.81 bits per heavy atom. The van der Waals surface area contributed by atoms with Crippen LogP contribution in [-0.2, 0) is 11.3 Å². The topological polar surface area (TPSA) is 58.6 Å². The number of aliphatic imine (C=N–C) groups is 1. The monoisotopic (exact) mass is 374 g/mol. The average molecular weight is 374 g/mol. The predicted octanol–water partition coefficient (Wildman–Crippen LogP) is 1.68. The Kier molecular flexibility index (Phi) is 5.99. The number of ether oxygens (including phenoxy) is 3. The summed E-state index contributed by atoms with van der Waals surface area (Å²) in [6.45, 7) is 7.15. The van der Waals surface area contributed by atoms with Gasteiger partial charge in [-0.1, -0.05) is 6.07 Å². The highest BCUT2D eigenvalue weighted by molar-refractivity contribution is 5.79. The molecule has 148 valence electrons. The van der Waals surface area contributed by atoms with Crippen LogP contribution in [-0.4, -0.2) is 75.0 Å². The molecule has 1 aromatic carbocycles. The summed E-state index contributed by atoms with van der Waals surface area (Å²) in [5, 5.41) is 3.51. The molecule has 4 rings (SSSR count). The lowest BCUT2D eigenvalue weighted by atomic mass is 10.1. The quantitative estimate of drug-likeness (QED) is 0.625. The minimum Gasteiger partial charge on any atom is -0.454 e. The van der Waals surface area contributed by atoms with E-state index in [2.05, 4.69) is 32.2 Å². The van der Waals surface area contributed by atoms with Crippen LogP contribution in [0.4, 0.5) is 0 Å². The molecule has 0 radical (unpaired) electrons. The molecule has 1 atom stereocenters. The van der Waals surface area contributed by atoms with Gasteiger partial charge in [-0.15, -0.1) is 0 Å². The first kappa shape index (κ1) is 18.4. The summed E-state index contributed by atoms with van der Waals surface area (Å²) in [7, 11) is 1.87. The third-order valence-corrected chi connectivity index (χ3v) is 5.50. The zero-order valence-corrected chi connectivity index (χ0v) is 16.2. The highest BCUT2D eigenvalue weighted by atomic mass is 16.7. The summed E-state index contributed by atoms with van der Waals surface area (Å²) < 4.78 is 16.6. The van der Waals surface area contributed by atoms with E-state index in [0.29, 0.717) is 12.9 Å². The first-order valence-corrected chi connectivity index (χ1v) is 10.00. The largest absolute Gasteiger partial charge is 0.454 e. The summed E-state index contributed by atoms with van der Waals surface area (Å²) in [5.41, 5.74) is 1.27. The summed E-state index contributed by atoms with van der Waals surface area (Å²) >= 11 is 0. The molecule has 0 bridgehead atoms. The standard InChI is InChI=1S/C20H30N4O3/c1-21-20(22-7-6-17-3-2-12-25-17)24-10-8-23(9-11-24)14-16-4-5-18-19(13-16)27-15-26-18/h4-5,13,17H,2-3,6-12,14-15H2,1H3,(H,21,22). The van der Waals surface area contributed by atoms with Crippen molar-refractivity contribution in [3.63, 3.8) is 0 Å². The van der Waals surface area contributed by atoms with E-state index in [0.717, 1.165) is 69.8 Å². The van der Waals surface area contributed by atoms with E-state index in [-0.39, 0.29) is 0 Å². The maximum atomic E-state index is 5.70. The molecule has 1 aromatic rings. The average Bonchev–Trinajstić information content (AvgIpc) is 3.37. The number of guanidine groups is 1. The van der Waals surface area contributed by atoms with Crippen LogP contribution in [0.25, 0.3) is 0 Å². The van der Waals surface area contributed by atoms with Gasteiger partial charge in [-0.3, -0.25) is 9.89 Å². The van der Waals surface area contributed by atoms with Gasteiger partial charge in [0.05, 0.1) is 6.10 Å². The number of nitrogens with one attached hydrogen (secondary N) is 1. The van der Waals surface area contributed by atoms with Crippen LogP contribution in [0.5, 0.6) is 11.5 Å². The Bertz CT molecular complexity index is 653. The normalized spacial score (nSPS) is 23.1. The van der Waals surface area contributed by atoms with Crippen molar-refractivity contribution >= 4 is 5.96 Å². The molecular weight excluding hydrogens is 344 g/mol. The zero-order chi connectivity index (χ0) is 18.5. The second-order valence-corrected chi connectivity index (χ2v) is 7.35. The van der Waals surface area contributed by atoms with Crippen molar-refractivity contribution < 1.29 is 14.2 Å². The number of piperazine rings is 1. The van der Waals surface area contributed by atoms with E-state index in [1.807, 2.05) is 13.1 Å². The Hall–Kier alpha value is -1.99. The minimum atomic E-state index is 0.330. The smallest absolute Gasteiger partial charge is 0.231 e. The van der Waals surface area contributed by atoms with Crippen molar-refractivity contribution in [3.05, 3.63) is 23.8 Å². The molecule has 27 heavy (non-hydrogen) atoms. The number of hydrogen-bond donors (Lipinski definition) is 1. The molecule has 7 heteroatoms. The molecule has 3 heterocycles. The number of benzene rings is 1. The number of fused-ring (bicyclic) bond motifs is 1. The van der Waals surface area contributed by atoms with Crippen LogP contribution < -0.4 is 14.8 Å². The first-order valence-electron chi connectivity index (χ1n) is 10.00. The lowest BCUT2D eigenvalue weighted by molar-refractivity contribution is 0.105. The summed E-state index contributed by atoms with van der Waals surface area (Å²) in [5.74, 6) is 2.72. The van der Waals surface area contributed by atoms with Crippen LogP contribution in [0, 0.1) is 0 Å². The highest BCUT2D eigenvalue weighted by Crippen LogP contribution is 2.32. The Morgan fingerprint density at radius 1 is 1.19 bits per heavy atom. The maximum Gasteiger partial charge on any atom is 0.231 e. The summed E-state index contributed by atoms with van der Waals surface area (Å²) in [6, 6.07) is 6.24. The van der Waals surface area contributed by atoms with Crippen molar-refractivity contribution in [1.82, 2.24) is 15.1 Å². The molecule has 0 spiro atoms. The van der Waals surface area contributed by atoms with Gasteiger partial charge in [0.2, 0.25) is 6.79 Å². The molecule has 1 unspecified atom stereocenters. The van der Waals surface area contributed by atoms with Crippen molar-refractivity contribution in [2.24, 2.45) is 4.99 Å². The molecule has 7 nitrogen and oxygen atoms in total. The van der Waals surface area contributed by atoms with Gasteiger partial charge in [-0.05, 0) is 37.0 Å². The van der Waals surface area contributed by atoms with Crippen molar-refractivity contribution in [2.75, 3.05) is 53.2 Å². The van der Waals surface area contributed by atoms with E-state index < -0.39 is 0 Å². The first-order chi connectivity index (χ1) is 13.3. The SMILES string of the molecule is CN=C(NCCC1CCCO1)N1CCN(Cc2ccc3c(c2)OCO3)CC1. The molecular formula is C20H30N4O3. The minimum absolute atomic E-state index is 0.330. The van der Waals surface area contributed by atoms with Crippen LogP contribution in [0.2, 0.25) is 0 Å². The lowest BCUT2D eigenvalue weighted by Crippen LogP contribution is -2.52. The van der Waals surface area contributed by atoms with Crippen LogP contribution >= 0.6 is 0 Å². The van der Waals surface area contributed by atoms with Gasteiger partial charge in [-0.25, -0.2) is 0 Å². The summed E-state index contributed by atoms with van der Waals surface area (Å²) in [4.78, 5) is 9.30. The predicted molar refractivity (Wildman–Crippen MR) is 104 cm³/mol. The van der Waals surface area contributed by atoms with Crippen LogP contribution in [0.15, 0.2) is 23.2 Å². The van der Waals surface area contributed by atoms with Gasteiger partial charge in [0.15, 0.2) is 17.5 Å². The molecule has 2 saturated heterocycles. The van der Waals surface area contributed by atoms with Gasteiger partial charge in [0.1, 0.15) is 0 Å². The summed E-state index contributed by atoms with van der Waals surface area (Å²) in [6.07, 6.45) is 3.88. The molecule has 2 fully saturated rings. The van der Waals surface area contributed by atoms with E-state index in [9.17, 15) is 0 Å². The van der Waals surface area contributed by atoms with Gasteiger partial charge in [0.25, 0.3) is 0 Å². The highest BCUT2D eigenvalue weighted by Gasteiger charge is 2.21. The molecule has 0 aromatic heterocycles.